The first kappa shape index (κ1) is 19.2. The Balaban J connectivity index is 1.61. The molecular formula is C18H14F4N2O2S. The summed E-state index contributed by atoms with van der Waals surface area (Å²) < 4.78 is 51.4. The maximum Gasteiger partial charge on any atom is 0.416 e. The van der Waals surface area contributed by atoms with Crippen LogP contribution in [-0.4, -0.2) is 17.1 Å². The Morgan fingerprint density at radius 3 is 2.67 bits per heavy atom. The minimum atomic E-state index is -4.50. The molecule has 142 valence electrons. The fourth-order valence-corrected chi connectivity index (χ4v) is 3.64. The highest BCUT2D eigenvalue weighted by Gasteiger charge is 2.34. The second-order valence-corrected chi connectivity index (χ2v) is 7.16. The van der Waals surface area contributed by atoms with E-state index in [-0.39, 0.29) is 18.7 Å². The van der Waals surface area contributed by atoms with Gasteiger partial charge in [0, 0.05) is 17.9 Å². The smallest absolute Gasteiger partial charge is 0.352 e. The molecule has 1 aliphatic heterocycles. The third-order valence-electron chi connectivity index (χ3n) is 3.88. The minimum Gasteiger partial charge on any atom is -0.352 e. The molecule has 0 saturated heterocycles. The molecule has 0 bridgehead atoms. The summed E-state index contributed by atoms with van der Waals surface area (Å²) in [6.45, 7) is 0.112. The van der Waals surface area contributed by atoms with Crippen molar-refractivity contribution < 1.29 is 27.2 Å². The number of halogens is 4. The molecule has 2 aromatic carbocycles. The van der Waals surface area contributed by atoms with Gasteiger partial charge in [-0.05, 0) is 35.9 Å². The Labute approximate surface area is 156 Å². The van der Waals surface area contributed by atoms with Gasteiger partial charge in [0.1, 0.15) is 5.82 Å². The van der Waals surface area contributed by atoms with Crippen LogP contribution in [0.15, 0.2) is 47.4 Å². The summed E-state index contributed by atoms with van der Waals surface area (Å²) >= 11 is 1.04. The third kappa shape index (κ3) is 4.79. The van der Waals surface area contributed by atoms with Crippen LogP contribution < -0.4 is 10.6 Å². The zero-order chi connectivity index (χ0) is 19.6. The van der Waals surface area contributed by atoms with E-state index in [9.17, 15) is 27.2 Å². The van der Waals surface area contributed by atoms with Gasteiger partial charge in [0.05, 0.1) is 16.5 Å². The first-order valence-corrected chi connectivity index (χ1v) is 8.80. The highest BCUT2D eigenvalue weighted by Crippen LogP contribution is 2.40. The molecule has 0 saturated carbocycles. The molecular weight excluding hydrogens is 384 g/mol. The van der Waals surface area contributed by atoms with Gasteiger partial charge in [0.15, 0.2) is 0 Å². The molecule has 0 aliphatic carbocycles. The summed E-state index contributed by atoms with van der Waals surface area (Å²) in [6, 6.07) is 8.84. The van der Waals surface area contributed by atoms with E-state index in [1.165, 1.54) is 24.3 Å². The molecule has 9 heteroatoms. The van der Waals surface area contributed by atoms with Crippen molar-refractivity contribution >= 4 is 29.3 Å². The molecule has 0 fully saturated rings. The van der Waals surface area contributed by atoms with Crippen LogP contribution in [0.25, 0.3) is 0 Å². The van der Waals surface area contributed by atoms with Crippen LogP contribution in [0.5, 0.6) is 0 Å². The lowest BCUT2D eigenvalue weighted by atomic mass is 10.1. The van der Waals surface area contributed by atoms with Gasteiger partial charge in [-0.2, -0.15) is 13.2 Å². The predicted molar refractivity (Wildman–Crippen MR) is 92.6 cm³/mol. The van der Waals surface area contributed by atoms with E-state index in [2.05, 4.69) is 10.6 Å². The van der Waals surface area contributed by atoms with Crippen LogP contribution in [-0.2, 0) is 22.3 Å². The lowest BCUT2D eigenvalue weighted by molar-refractivity contribution is -0.137. The Kier molecular flexibility index (Phi) is 5.41. The molecule has 4 nitrogen and oxygen atoms in total. The second kappa shape index (κ2) is 7.59. The zero-order valence-electron chi connectivity index (χ0n) is 13.8. The van der Waals surface area contributed by atoms with Gasteiger partial charge in [-0.3, -0.25) is 9.59 Å². The normalized spacial score (nSPS) is 16.4. The van der Waals surface area contributed by atoms with Gasteiger partial charge in [-0.1, -0.05) is 12.1 Å². The van der Waals surface area contributed by atoms with Crippen molar-refractivity contribution in [3.8, 4) is 0 Å². The van der Waals surface area contributed by atoms with Crippen molar-refractivity contribution in [3.05, 3.63) is 59.4 Å². The van der Waals surface area contributed by atoms with Gasteiger partial charge in [0.2, 0.25) is 11.8 Å². The third-order valence-corrected chi connectivity index (χ3v) is 5.15. The number of fused-ring (bicyclic) bond motifs is 1. The topological polar surface area (TPSA) is 58.2 Å². The Morgan fingerprint density at radius 1 is 1.19 bits per heavy atom. The minimum absolute atomic E-state index is 0.0799. The number of benzene rings is 2. The predicted octanol–water partition coefficient (Wildman–Crippen LogP) is 3.96. The van der Waals surface area contributed by atoms with E-state index in [1.54, 1.807) is 6.07 Å². The van der Waals surface area contributed by atoms with E-state index in [1.807, 2.05) is 0 Å². The van der Waals surface area contributed by atoms with Crippen molar-refractivity contribution in [1.82, 2.24) is 5.32 Å². The van der Waals surface area contributed by atoms with E-state index >= 15 is 0 Å². The summed E-state index contributed by atoms with van der Waals surface area (Å²) in [6.07, 6.45) is -4.65. The first-order valence-electron chi connectivity index (χ1n) is 7.92. The molecule has 1 atom stereocenters. The van der Waals surface area contributed by atoms with Crippen LogP contribution >= 0.6 is 11.8 Å². The van der Waals surface area contributed by atoms with Crippen molar-refractivity contribution in [2.24, 2.45) is 0 Å². The number of alkyl halides is 3. The molecule has 2 aromatic rings. The van der Waals surface area contributed by atoms with Crippen molar-refractivity contribution in [2.45, 2.75) is 29.3 Å². The number of nitrogens with one attached hydrogen (secondary N) is 2. The molecule has 2 amide bonds. The van der Waals surface area contributed by atoms with Gasteiger partial charge in [-0.15, -0.1) is 11.8 Å². The van der Waals surface area contributed by atoms with Crippen molar-refractivity contribution in [1.29, 1.82) is 0 Å². The highest BCUT2D eigenvalue weighted by atomic mass is 32.2. The molecule has 1 aliphatic rings. The molecule has 1 unspecified atom stereocenters. The quantitative estimate of drug-likeness (QED) is 0.767. The molecule has 27 heavy (non-hydrogen) atoms. The summed E-state index contributed by atoms with van der Waals surface area (Å²) in [5.74, 6) is -1.37. The number of anilines is 1. The molecule has 2 N–H and O–H groups in total. The number of carbonyl (C=O) groups excluding carboxylic acids is 2. The number of thioether (sulfide) groups is 1. The van der Waals surface area contributed by atoms with Crippen LogP contribution in [0.3, 0.4) is 0 Å². The van der Waals surface area contributed by atoms with E-state index in [4.69, 9.17) is 0 Å². The van der Waals surface area contributed by atoms with Crippen LogP contribution in [0.2, 0.25) is 0 Å². The summed E-state index contributed by atoms with van der Waals surface area (Å²) in [4.78, 5) is 24.7. The average Bonchev–Trinajstić information content (AvgIpc) is 2.59. The van der Waals surface area contributed by atoms with Crippen molar-refractivity contribution in [2.75, 3.05) is 5.32 Å². The molecule has 0 radical (unpaired) electrons. The zero-order valence-corrected chi connectivity index (χ0v) is 14.6. The molecule has 0 aromatic heterocycles. The average molecular weight is 398 g/mol. The number of hydrogen-bond donors (Lipinski definition) is 2. The number of carbonyl (C=O) groups is 2. The molecule has 1 heterocycles. The number of rotatable bonds is 4. The maximum atomic E-state index is 13.1. The van der Waals surface area contributed by atoms with Gasteiger partial charge < -0.3 is 10.6 Å². The van der Waals surface area contributed by atoms with Crippen LogP contribution in [0, 0.1) is 5.82 Å². The second-order valence-electron chi connectivity index (χ2n) is 5.92. The molecule has 0 spiro atoms. The van der Waals surface area contributed by atoms with E-state index in [0.717, 1.165) is 23.9 Å². The van der Waals surface area contributed by atoms with Gasteiger partial charge in [0.25, 0.3) is 0 Å². The Hall–Kier alpha value is -2.55. The van der Waals surface area contributed by atoms with E-state index < -0.39 is 34.6 Å². The molecule has 3 rings (SSSR count). The largest absolute Gasteiger partial charge is 0.416 e. The summed E-state index contributed by atoms with van der Waals surface area (Å²) in [5, 5.41) is 4.26. The lowest BCUT2D eigenvalue weighted by Gasteiger charge is -2.24. The standard InChI is InChI=1S/C18H14F4N2O2S/c19-12-3-1-2-10(6-12)9-23-16(25)8-15-17(26)24-13-7-11(18(20,21)22)4-5-14(13)27-15/h1-7,15H,8-9H2,(H,23,25)(H,24,26). The summed E-state index contributed by atoms with van der Waals surface area (Å²) in [5.41, 5.74) is -0.196. The Morgan fingerprint density at radius 2 is 1.96 bits per heavy atom. The van der Waals surface area contributed by atoms with Crippen LogP contribution in [0.4, 0.5) is 23.2 Å². The fraction of sp³-hybridized carbons (Fsp3) is 0.222. The highest BCUT2D eigenvalue weighted by molar-refractivity contribution is 8.01. The monoisotopic (exact) mass is 398 g/mol. The fourth-order valence-electron chi connectivity index (χ4n) is 2.55. The maximum absolute atomic E-state index is 13.1. The Bertz CT molecular complexity index is 886. The lowest BCUT2D eigenvalue weighted by Crippen LogP contribution is -2.34. The first-order chi connectivity index (χ1) is 12.7. The number of hydrogen-bond acceptors (Lipinski definition) is 3. The van der Waals surface area contributed by atoms with E-state index in [0.29, 0.717) is 10.5 Å². The van der Waals surface area contributed by atoms with Crippen molar-refractivity contribution in [3.63, 3.8) is 0 Å². The number of amides is 2. The SMILES string of the molecule is O=C(CC1Sc2ccc(C(F)(F)F)cc2NC1=O)NCc1cccc(F)c1. The van der Waals surface area contributed by atoms with Crippen LogP contribution in [0.1, 0.15) is 17.5 Å². The summed E-state index contributed by atoms with van der Waals surface area (Å²) in [7, 11) is 0. The van der Waals surface area contributed by atoms with Gasteiger partial charge in [-0.25, -0.2) is 4.39 Å². The van der Waals surface area contributed by atoms with Gasteiger partial charge >= 0.3 is 6.18 Å².